The van der Waals surface area contributed by atoms with Gasteiger partial charge in [0.25, 0.3) is 0 Å². The number of aromatic nitrogens is 5. The Labute approximate surface area is 410 Å². The lowest BCUT2D eigenvalue weighted by molar-refractivity contribution is -0.144. The standard InChI is InChI=1S/C52H60FN11O5S/c1-33-48(70-32-56-33)35-18-16-34(17-19-35)29-55-50(68)41-28-38(65)31-63(41)51(69)49(52(2,3)4)58-46(66)14-7-15-47(67)61-25-23-60(24-26-61)44-13-6-11-39(57-44)42-30-54-43-20-21-45(59-64(42)43)62-22-8-12-40(62)36-9-5-10-37(53)27-36/h5-6,9-11,13,16-21,27,30,32,38,40-41,49,65H,7-8,12,14-15,22-26,28-29,31H2,1-4H3,(H,55,68)(H,58,66)/t38-,40-,41+,49-/m1/s1. The molecule has 366 valence electrons. The van der Waals surface area contributed by atoms with Gasteiger partial charge in [-0.25, -0.2) is 23.9 Å². The molecule has 2 aromatic carbocycles. The lowest BCUT2D eigenvalue weighted by atomic mass is 9.85. The van der Waals surface area contributed by atoms with Gasteiger partial charge in [0.2, 0.25) is 23.6 Å². The third kappa shape index (κ3) is 10.7. The summed E-state index contributed by atoms with van der Waals surface area (Å²) in [7, 11) is 0. The molecule has 0 radical (unpaired) electrons. The summed E-state index contributed by atoms with van der Waals surface area (Å²) in [5.74, 6) is 0.0935. The van der Waals surface area contributed by atoms with Gasteiger partial charge in [-0.1, -0.05) is 63.2 Å². The fourth-order valence-electron chi connectivity index (χ4n) is 9.79. The van der Waals surface area contributed by atoms with Gasteiger partial charge in [0, 0.05) is 65.1 Å². The van der Waals surface area contributed by atoms with Gasteiger partial charge in [-0.05, 0) is 84.7 Å². The lowest BCUT2D eigenvalue weighted by Crippen LogP contribution is -2.57. The highest BCUT2D eigenvalue weighted by Gasteiger charge is 2.44. The van der Waals surface area contributed by atoms with Crippen LogP contribution in [-0.2, 0) is 25.7 Å². The summed E-state index contributed by atoms with van der Waals surface area (Å²) in [6, 6.07) is 22.6. The van der Waals surface area contributed by atoms with E-state index in [1.165, 1.54) is 11.0 Å². The van der Waals surface area contributed by atoms with Crippen molar-refractivity contribution in [2.75, 3.05) is 49.1 Å². The molecule has 16 nitrogen and oxygen atoms in total. The van der Waals surface area contributed by atoms with E-state index in [-0.39, 0.29) is 61.9 Å². The second-order valence-electron chi connectivity index (χ2n) is 19.6. The maximum Gasteiger partial charge on any atom is 0.246 e. The third-order valence-electron chi connectivity index (χ3n) is 13.6. The molecule has 3 aliphatic heterocycles. The van der Waals surface area contributed by atoms with Crippen molar-refractivity contribution in [2.45, 2.75) is 97.0 Å². The first-order chi connectivity index (χ1) is 33.7. The molecule has 0 bridgehead atoms. The number of carbonyl (C=O) groups is 4. The van der Waals surface area contributed by atoms with Crippen LogP contribution in [-0.4, -0.2) is 121 Å². The summed E-state index contributed by atoms with van der Waals surface area (Å²) >= 11 is 1.57. The van der Waals surface area contributed by atoms with Gasteiger partial charge in [0.1, 0.15) is 35.2 Å². The van der Waals surface area contributed by atoms with Crippen LogP contribution in [0.5, 0.6) is 0 Å². The number of piperazine rings is 1. The number of nitrogens with zero attached hydrogens (tertiary/aromatic N) is 9. The Morgan fingerprint density at radius 2 is 1.70 bits per heavy atom. The van der Waals surface area contributed by atoms with E-state index in [0.29, 0.717) is 43.9 Å². The number of likely N-dealkylation sites (tertiary alicyclic amines) is 1. The van der Waals surface area contributed by atoms with Crippen LogP contribution in [0.4, 0.5) is 16.0 Å². The zero-order chi connectivity index (χ0) is 49.1. The summed E-state index contributed by atoms with van der Waals surface area (Å²) in [5.41, 5.74) is 7.08. The molecule has 3 N–H and O–H groups in total. The zero-order valence-corrected chi connectivity index (χ0v) is 40.9. The monoisotopic (exact) mass is 969 g/mol. The normalized spacial score (nSPS) is 18.9. The average molecular weight is 970 g/mol. The number of benzene rings is 2. The minimum atomic E-state index is -0.962. The fraction of sp³-hybridized carbons (Fsp3) is 0.423. The zero-order valence-electron chi connectivity index (χ0n) is 40.1. The molecule has 0 saturated carbocycles. The van der Waals surface area contributed by atoms with Gasteiger partial charge >= 0.3 is 0 Å². The van der Waals surface area contributed by atoms with E-state index in [4.69, 9.17) is 10.1 Å². The number of carbonyl (C=O) groups excluding carboxylic acids is 4. The van der Waals surface area contributed by atoms with Gasteiger partial charge in [-0.15, -0.1) is 16.4 Å². The summed E-state index contributed by atoms with van der Waals surface area (Å²) in [4.78, 5) is 77.1. The van der Waals surface area contributed by atoms with Gasteiger partial charge in [-0.2, -0.15) is 0 Å². The predicted octanol–water partition coefficient (Wildman–Crippen LogP) is 6.33. The summed E-state index contributed by atoms with van der Waals surface area (Å²) in [6.07, 6.45) is 3.38. The van der Waals surface area contributed by atoms with Gasteiger partial charge in [-0.3, -0.25) is 19.2 Å². The third-order valence-corrected chi connectivity index (χ3v) is 14.6. The van der Waals surface area contributed by atoms with E-state index in [2.05, 4.69) is 30.4 Å². The van der Waals surface area contributed by atoms with Crippen molar-refractivity contribution < 1.29 is 28.7 Å². The molecule has 70 heavy (non-hydrogen) atoms. The Morgan fingerprint density at radius 1 is 0.914 bits per heavy atom. The first kappa shape index (κ1) is 48.2. The molecular formula is C52H60FN11O5S. The van der Waals surface area contributed by atoms with E-state index >= 15 is 0 Å². The maximum atomic E-state index is 14.2. The van der Waals surface area contributed by atoms with Crippen LogP contribution in [0.3, 0.4) is 0 Å². The molecule has 4 aromatic heterocycles. The SMILES string of the molecule is Cc1ncsc1-c1ccc(CNC(=O)[C@@H]2C[C@@H](O)CN2C(=O)[C@@H](NC(=O)CCCC(=O)N2CCN(c3cccc(-c4cnc5ccc(N6CCC[C@@H]6c6cccc(F)c6)nn45)n3)CC2)C(C)(C)C)cc1. The number of amides is 4. The number of halogens is 1. The first-order valence-electron chi connectivity index (χ1n) is 24.1. The van der Waals surface area contributed by atoms with Crippen molar-refractivity contribution in [1.29, 1.82) is 0 Å². The van der Waals surface area contributed by atoms with Crippen LogP contribution >= 0.6 is 11.3 Å². The van der Waals surface area contributed by atoms with Crippen LogP contribution in [0.15, 0.2) is 90.6 Å². The average Bonchev–Trinajstić information content (AvgIpc) is 4.19. The molecule has 3 saturated heterocycles. The number of imidazole rings is 1. The molecule has 9 rings (SSSR count). The first-order valence-corrected chi connectivity index (χ1v) is 25.0. The van der Waals surface area contributed by atoms with Gasteiger partial charge in [0.15, 0.2) is 5.65 Å². The molecule has 18 heteroatoms. The van der Waals surface area contributed by atoms with Crippen LogP contribution < -0.4 is 20.4 Å². The van der Waals surface area contributed by atoms with Crippen molar-refractivity contribution in [1.82, 2.24) is 45.0 Å². The van der Waals surface area contributed by atoms with E-state index in [0.717, 1.165) is 64.0 Å². The molecule has 0 aliphatic carbocycles. The van der Waals surface area contributed by atoms with Crippen LogP contribution in [0.2, 0.25) is 0 Å². The fourth-order valence-corrected chi connectivity index (χ4v) is 10.6. The highest BCUT2D eigenvalue weighted by molar-refractivity contribution is 7.13. The molecule has 0 spiro atoms. The Morgan fingerprint density at radius 3 is 2.44 bits per heavy atom. The van der Waals surface area contributed by atoms with E-state index in [9.17, 15) is 28.7 Å². The van der Waals surface area contributed by atoms with Crippen LogP contribution in [0, 0.1) is 18.2 Å². The summed E-state index contributed by atoms with van der Waals surface area (Å²) in [6.45, 7) is 10.7. The molecule has 3 aliphatic rings. The molecule has 7 heterocycles. The van der Waals surface area contributed by atoms with Crippen molar-refractivity contribution >= 4 is 52.2 Å². The highest BCUT2D eigenvalue weighted by Crippen LogP contribution is 2.36. The van der Waals surface area contributed by atoms with Crippen LogP contribution in [0.25, 0.3) is 27.5 Å². The number of pyridine rings is 1. The molecule has 4 atom stereocenters. The highest BCUT2D eigenvalue weighted by atomic mass is 32.1. The molecule has 4 amide bonds. The van der Waals surface area contributed by atoms with Gasteiger partial charge < -0.3 is 35.3 Å². The predicted molar refractivity (Wildman–Crippen MR) is 266 cm³/mol. The number of aryl methyl sites for hydroxylation is 1. The summed E-state index contributed by atoms with van der Waals surface area (Å²) < 4.78 is 16.0. The minimum Gasteiger partial charge on any atom is -0.391 e. The number of hydrogen-bond acceptors (Lipinski definition) is 12. The Kier molecular flexibility index (Phi) is 14.2. The number of fused-ring (bicyclic) bond motifs is 1. The largest absolute Gasteiger partial charge is 0.391 e. The van der Waals surface area contributed by atoms with Crippen LogP contribution in [0.1, 0.15) is 82.2 Å². The lowest BCUT2D eigenvalue weighted by Gasteiger charge is -2.36. The van der Waals surface area contributed by atoms with E-state index in [1.807, 2.05) is 103 Å². The van der Waals surface area contributed by atoms with Crippen molar-refractivity contribution in [3.63, 3.8) is 0 Å². The number of anilines is 2. The smallest absolute Gasteiger partial charge is 0.246 e. The molecule has 0 unspecified atom stereocenters. The molecule has 3 fully saturated rings. The number of nitrogens with one attached hydrogen (secondary N) is 2. The van der Waals surface area contributed by atoms with E-state index in [1.54, 1.807) is 29.7 Å². The van der Waals surface area contributed by atoms with Gasteiger partial charge in [0.05, 0.1) is 40.1 Å². The molecular weight excluding hydrogens is 910 g/mol. The van der Waals surface area contributed by atoms with E-state index < -0.39 is 29.5 Å². The maximum absolute atomic E-state index is 14.2. The van der Waals surface area contributed by atoms with Crippen molar-refractivity contribution in [3.8, 4) is 21.8 Å². The number of thiazole rings is 1. The number of rotatable bonds is 14. The number of hydrogen-bond donors (Lipinski definition) is 3. The topological polar surface area (TPSA) is 182 Å². The molecule has 6 aromatic rings. The number of β-amino-alcohol motifs (C(OH)–C–C–N with tert-alkyl or cyclic N) is 1. The number of aliphatic hydroxyl groups excluding tert-OH is 1. The summed E-state index contributed by atoms with van der Waals surface area (Å²) in [5, 5.41) is 21.5. The Balaban J connectivity index is 0.752. The second-order valence-corrected chi connectivity index (χ2v) is 20.4. The second kappa shape index (κ2) is 20.7. The Hall–Kier alpha value is -6.79. The number of aliphatic hydroxyl groups is 1. The Bertz CT molecular complexity index is 2860. The minimum absolute atomic E-state index is 0.0215. The van der Waals surface area contributed by atoms with Crippen molar-refractivity contribution in [3.05, 3.63) is 113 Å². The van der Waals surface area contributed by atoms with Crippen molar-refractivity contribution in [2.24, 2.45) is 5.41 Å². The quantitative estimate of drug-likeness (QED) is 0.111.